The Hall–Kier alpha value is -2.04. The molecule has 0 aromatic heterocycles. The van der Waals surface area contributed by atoms with Crippen LogP contribution in [0.15, 0.2) is 54.6 Å². The van der Waals surface area contributed by atoms with E-state index in [-0.39, 0.29) is 6.03 Å². The van der Waals surface area contributed by atoms with Crippen LogP contribution in [0.4, 0.5) is 10.5 Å². The minimum atomic E-state index is -0.556. The van der Waals surface area contributed by atoms with E-state index in [0.717, 1.165) is 12.0 Å². The molecule has 0 spiro atoms. The lowest BCUT2D eigenvalue weighted by Crippen LogP contribution is -2.43. The molecule has 2 aromatic rings. The molecule has 0 saturated heterocycles. The van der Waals surface area contributed by atoms with Gasteiger partial charge in [0.2, 0.25) is 0 Å². The number of benzene rings is 2. The van der Waals surface area contributed by atoms with Crippen molar-refractivity contribution in [2.24, 2.45) is 0 Å². The maximum atomic E-state index is 12.1. The predicted molar refractivity (Wildman–Crippen MR) is 93.9 cm³/mol. The molecule has 4 nitrogen and oxygen atoms in total. The average Bonchev–Trinajstić information content (AvgIpc) is 2.59. The zero-order chi connectivity index (χ0) is 16.7. The van der Waals surface area contributed by atoms with Crippen molar-refractivity contribution in [1.29, 1.82) is 0 Å². The van der Waals surface area contributed by atoms with E-state index in [9.17, 15) is 4.79 Å². The lowest BCUT2D eigenvalue weighted by molar-refractivity contribution is -0.0149. The van der Waals surface area contributed by atoms with Crippen LogP contribution < -0.4 is 10.6 Å². The van der Waals surface area contributed by atoms with Crippen molar-refractivity contribution in [3.05, 3.63) is 65.2 Å². The van der Waals surface area contributed by atoms with Gasteiger partial charge in [-0.15, -0.1) is 0 Å². The summed E-state index contributed by atoms with van der Waals surface area (Å²) in [4.78, 5) is 12.1. The third-order valence-corrected chi connectivity index (χ3v) is 4.25. The second-order valence-electron chi connectivity index (χ2n) is 5.21. The van der Waals surface area contributed by atoms with Crippen molar-refractivity contribution < 1.29 is 9.53 Å². The van der Waals surface area contributed by atoms with E-state index in [1.165, 1.54) is 0 Å². The van der Waals surface area contributed by atoms with Crippen LogP contribution in [-0.4, -0.2) is 19.7 Å². The van der Waals surface area contributed by atoms with Gasteiger partial charge in [-0.2, -0.15) is 0 Å². The summed E-state index contributed by atoms with van der Waals surface area (Å²) >= 11 is 6.04. The topological polar surface area (TPSA) is 50.4 Å². The first-order chi connectivity index (χ1) is 11.1. The van der Waals surface area contributed by atoms with E-state index < -0.39 is 5.60 Å². The Balaban J connectivity index is 2.05. The van der Waals surface area contributed by atoms with Gasteiger partial charge in [-0.1, -0.05) is 61.0 Å². The molecule has 0 unspecified atom stereocenters. The number of urea groups is 1. The van der Waals surface area contributed by atoms with Gasteiger partial charge < -0.3 is 15.4 Å². The fourth-order valence-electron chi connectivity index (χ4n) is 2.46. The molecule has 0 fully saturated rings. The zero-order valence-corrected chi connectivity index (χ0v) is 14.1. The van der Waals surface area contributed by atoms with E-state index in [0.29, 0.717) is 17.3 Å². The van der Waals surface area contributed by atoms with Crippen molar-refractivity contribution >= 4 is 23.3 Å². The van der Waals surface area contributed by atoms with Gasteiger partial charge in [0.15, 0.2) is 0 Å². The highest BCUT2D eigenvalue weighted by atomic mass is 35.5. The van der Waals surface area contributed by atoms with Gasteiger partial charge in [-0.05, 0) is 24.1 Å². The molecule has 2 rings (SSSR count). The number of anilines is 1. The quantitative estimate of drug-likeness (QED) is 0.823. The molecule has 0 bridgehead atoms. The van der Waals surface area contributed by atoms with Crippen molar-refractivity contribution in [1.82, 2.24) is 5.32 Å². The number of methoxy groups -OCH3 is 1. The van der Waals surface area contributed by atoms with Crippen LogP contribution in [0.1, 0.15) is 18.9 Å². The van der Waals surface area contributed by atoms with Gasteiger partial charge in [0, 0.05) is 7.11 Å². The van der Waals surface area contributed by atoms with Gasteiger partial charge in [0.05, 0.1) is 17.3 Å². The minimum absolute atomic E-state index is 0.316. The van der Waals surface area contributed by atoms with E-state index in [4.69, 9.17) is 16.3 Å². The summed E-state index contributed by atoms with van der Waals surface area (Å²) in [6, 6.07) is 16.7. The molecule has 5 heteroatoms. The van der Waals surface area contributed by atoms with Crippen LogP contribution in [0.3, 0.4) is 0 Å². The van der Waals surface area contributed by atoms with Crippen LogP contribution in [0.25, 0.3) is 0 Å². The molecule has 2 N–H and O–H groups in total. The van der Waals surface area contributed by atoms with E-state index in [2.05, 4.69) is 10.6 Å². The fraction of sp³-hybridized carbons (Fsp3) is 0.278. The van der Waals surface area contributed by atoms with Crippen molar-refractivity contribution in [3.63, 3.8) is 0 Å². The molecule has 0 aliphatic heterocycles. The Bertz CT molecular complexity index is 642. The third kappa shape index (κ3) is 4.24. The molecule has 0 saturated carbocycles. The largest absolute Gasteiger partial charge is 0.372 e. The Labute approximate surface area is 141 Å². The first kappa shape index (κ1) is 17.3. The average molecular weight is 333 g/mol. The molecule has 2 aromatic carbocycles. The summed E-state index contributed by atoms with van der Waals surface area (Å²) in [6.07, 6.45) is 0.736. The maximum absolute atomic E-state index is 12.1. The summed E-state index contributed by atoms with van der Waals surface area (Å²) in [5.74, 6) is 0. The Kier molecular flexibility index (Phi) is 6.02. The first-order valence-corrected chi connectivity index (χ1v) is 7.89. The lowest BCUT2D eigenvalue weighted by Gasteiger charge is -2.32. The van der Waals surface area contributed by atoms with E-state index in [1.54, 1.807) is 19.2 Å². The highest BCUT2D eigenvalue weighted by Gasteiger charge is 2.30. The molecular weight excluding hydrogens is 312 g/mol. The van der Waals surface area contributed by atoms with Gasteiger partial charge in [0.1, 0.15) is 5.60 Å². The Morgan fingerprint density at radius 3 is 2.39 bits per heavy atom. The SMILES string of the molecule is CC[C@](CNC(=O)Nc1ccccc1Cl)(OC)c1ccccc1. The molecular formula is C18H21ClN2O2. The minimum Gasteiger partial charge on any atom is -0.372 e. The number of hydrogen-bond acceptors (Lipinski definition) is 2. The van der Waals surface area contributed by atoms with E-state index in [1.807, 2.05) is 49.4 Å². The van der Waals surface area contributed by atoms with Crippen LogP contribution >= 0.6 is 11.6 Å². The number of para-hydroxylation sites is 1. The van der Waals surface area contributed by atoms with Crippen LogP contribution in [0.2, 0.25) is 5.02 Å². The number of hydrogen-bond donors (Lipinski definition) is 2. The molecule has 122 valence electrons. The second kappa shape index (κ2) is 7.99. The standard InChI is InChI=1S/C18H21ClN2O2/c1-3-18(23-2,14-9-5-4-6-10-14)13-20-17(22)21-16-12-8-7-11-15(16)19/h4-12H,3,13H2,1-2H3,(H2,20,21,22)/t18-/m1/s1. The second-order valence-corrected chi connectivity index (χ2v) is 5.61. The lowest BCUT2D eigenvalue weighted by atomic mass is 9.91. The monoisotopic (exact) mass is 332 g/mol. The van der Waals surface area contributed by atoms with Gasteiger partial charge in [-0.25, -0.2) is 4.79 Å². The summed E-state index contributed by atoms with van der Waals surface area (Å²) in [5, 5.41) is 6.11. The summed E-state index contributed by atoms with van der Waals surface area (Å²) < 4.78 is 5.73. The summed E-state index contributed by atoms with van der Waals surface area (Å²) in [5.41, 5.74) is 1.05. The number of amides is 2. The third-order valence-electron chi connectivity index (χ3n) is 3.92. The van der Waals surface area contributed by atoms with Gasteiger partial charge in [-0.3, -0.25) is 0 Å². The normalized spacial score (nSPS) is 13.2. The number of halogens is 1. The highest BCUT2D eigenvalue weighted by molar-refractivity contribution is 6.33. The molecule has 0 radical (unpaired) electrons. The number of ether oxygens (including phenoxy) is 1. The molecule has 23 heavy (non-hydrogen) atoms. The first-order valence-electron chi connectivity index (χ1n) is 7.51. The smallest absolute Gasteiger partial charge is 0.319 e. The number of carbonyl (C=O) groups is 1. The molecule has 0 aliphatic carbocycles. The van der Waals surface area contributed by atoms with E-state index >= 15 is 0 Å². The Morgan fingerprint density at radius 2 is 1.78 bits per heavy atom. The highest BCUT2D eigenvalue weighted by Crippen LogP contribution is 2.28. The zero-order valence-electron chi connectivity index (χ0n) is 13.3. The number of rotatable bonds is 6. The predicted octanol–water partition coefficient (Wildman–Crippen LogP) is 4.41. The maximum Gasteiger partial charge on any atom is 0.319 e. The van der Waals surface area contributed by atoms with Gasteiger partial charge in [0.25, 0.3) is 0 Å². The molecule has 0 aliphatic rings. The molecule has 0 heterocycles. The summed E-state index contributed by atoms with van der Waals surface area (Å²) in [6.45, 7) is 2.39. The van der Waals surface area contributed by atoms with Crippen molar-refractivity contribution in [3.8, 4) is 0 Å². The van der Waals surface area contributed by atoms with Crippen molar-refractivity contribution in [2.75, 3.05) is 19.0 Å². The van der Waals surface area contributed by atoms with Gasteiger partial charge >= 0.3 is 6.03 Å². The Morgan fingerprint density at radius 1 is 1.13 bits per heavy atom. The van der Waals surface area contributed by atoms with Crippen LogP contribution in [0, 0.1) is 0 Å². The number of carbonyl (C=O) groups excluding carboxylic acids is 1. The molecule has 2 amide bonds. The fourth-order valence-corrected chi connectivity index (χ4v) is 2.64. The van der Waals surface area contributed by atoms with Crippen LogP contribution in [0.5, 0.6) is 0 Å². The molecule has 1 atom stereocenters. The number of nitrogens with one attached hydrogen (secondary N) is 2. The van der Waals surface area contributed by atoms with Crippen LogP contribution in [-0.2, 0) is 10.3 Å². The van der Waals surface area contributed by atoms with Crippen molar-refractivity contribution in [2.45, 2.75) is 18.9 Å². The summed E-state index contributed by atoms with van der Waals surface area (Å²) in [7, 11) is 1.66.